The van der Waals surface area contributed by atoms with Crippen LogP contribution in [0.15, 0.2) is 40.1 Å². The molecule has 3 aliphatic rings. The number of H-pyrrole nitrogens is 1. The molecule has 1 aromatic heterocycles. The number of hydrogen-bond donors (Lipinski definition) is 3. The van der Waals surface area contributed by atoms with Crippen molar-refractivity contribution in [1.29, 1.82) is 0 Å². The number of amidine groups is 1. The minimum absolute atomic E-state index is 0.0841. The number of hydrogen-bond acceptors (Lipinski definition) is 6. The van der Waals surface area contributed by atoms with Gasteiger partial charge in [-0.05, 0) is 25.0 Å². The van der Waals surface area contributed by atoms with E-state index in [1.54, 1.807) is 6.20 Å². The summed E-state index contributed by atoms with van der Waals surface area (Å²) >= 11 is 1.81. The predicted octanol–water partition coefficient (Wildman–Crippen LogP) is 1.56. The summed E-state index contributed by atoms with van der Waals surface area (Å²) in [4.78, 5) is 9.95. The third-order valence-corrected chi connectivity index (χ3v) is 5.90. The van der Waals surface area contributed by atoms with E-state index in [9.17, 15) is 0 Å². The normalized spacial score (nSPS) is 28.1. The number of thioether (sulfide) groups is 1. The Balaban J connectivity index is 1.50. The van der Waals surface area contributed by atoms with E-state index in [1.165, 1.54) is 17.7 Å². The van der Waals surface area contributed by atoms with Crippen LogP contribution in [0.5, 0.6) is 0 Å². The summed E-state index contributed by atoms with van der Waals surface area (Å²) < 4.78 is 0. The summed E-state index contributed by atoms with van der Waals surface area (Å²) in [5, 5.41) is 10.9. The van der Waals surface area contributed by atoms with E-state index in [2.05, 4.69) is 37.8 Å². The van der Waals surface area contributed by atoms with Gasteiger partial charge in [-0.3, -0.25) is 10.1 Å². The first-order valence-electron chi connectivity index (χ1n) is 7.79. The molecule has 2 unspecified atom stereocenters. The molecule has 1 saturated carbocycles. The van der Waals surface area contributed by atoms with E-state index in [1.807, 2.05) is 31.0 Å². The molecule has 0 amide bonds. The lowest BCUT2D eigenvalue weighted by Crippen LogP contribution is -2.36. The van der Waals surface area contributed by atoms with Gasteiger partial charge < -0.3 is 16.0 Å². The van der Waals surface area contributed by atoms with E-state index in [0.717, 1.165) is 17.9 Å². The van der Waals surface area contributed by atoms with Gasteiger partial charge in [-0.2, -0.15) is 5.10 Å². The zero-order valence-corrected chi connectivity index (χ0v) is 13.8. The van der Waals surface area contributed by atoms with Gasteiger partial charge in [0.2, 0.25) is 0 Å². The Bertz CT molecular complexity index is 711. The van der Waals surface area contributed by atoms with Crippen molar-refractivity contribution in [1.82, 2.24) is 15.5 Å². The lowest BCUT2D eigenvalue weighted by atomic mass is 10.1. The fourth-order valence-corrected chi connectivity index (χ4v) is 4.34. The molecule has 23 heavy (non-hydrogen) atoms. The fourth-order valence-electron chi connectivity index (χ4n) is 3.05. The molecule has 0 saturated heterocycles. The van der Waals surface area contributed by atoms with Gasteiger partial charge in [0.1, 0.15) is 5.84 Å². The quantitative estimate of drug-likeness (QED) is 0.715. The predicted molar refractivity (Wildman–Crippen MR) is 95.5 cm³/mol. The van der Waals surface area contributed by atoms with E-state index in [4.69, 9.17) is 5.73 Å². The molecule has 3 heterocycles. The van der Waals surface area contributed by atoms with Crippen LogP contribution in [0.3, 0.4) is 0 Å². The highest BCUT2D eigenvalue weighted by molar-refractivity contribution is 8.09. The summed E-state index contributed by atoms with van der Waals surface area (Å²) in [6, 6.07) is 2.07. The average molecular weight is 328 g/mol. The van der Waals surface area contributed by atoms with Gasteiger partial charge in [-0.15, -0.1) is 11.8 Å². The SMILES string of the molecule is CN=CC1(CNC2=CC(N)=NC3C=C(c4ccn[nH]4)SC23)CC1. The molecule has 4 N–H and O–H groups in total. The molecule has 0 aromatic carbocycles. The molecule has 1 aromatic rings. The Labute approximate surface area is 139 Å². The van der Waals surface area contributed by atoms with Gasteiger partial charge in [0.05, 0.1) is 17.0 Å². The van der Waals surface area contributed by atoms with Gasteiger partial charge in [0.15, 0.2) is 0 Å². The molecular weight excluding hydrogens is 308 g/mol. The fraction of sp³-hybridized carbons (Fsp3) is 0.438. The van der Waals surface area contributed by atoms with Gasteiger partial charge in [-0.25, -0.2) is 0 Å². The van der Waals surface area contributed by atoms with Crippen molar-refractivity contribution >= 4 is 28.7 Å². The maximum Gasteiger partial charge on any atom is 0.120 e. The van der Waals surface area contributed by atoms with Crippen LogP contribution in [-0.2, 0) is 0 Å². The number of aromatic nitrogens is 2. The number of aromatic amines is 1. The van der Waals surface area contributed by atoms with Crippen molar-refractivity contribution in [3.8, 4) is 0 Å². The van der Waals surface area contributed by atoms with Crippen molar-refractivity contribution in [2.45, 2.75) is 24.1 Å². The summed E-state index contributed by atoms with van der Waals surface area (Å²) in [6.07, 6.45) is 10.4. The number of nitrogens with two attached hydrogens (primary N) is 1. The van der Waals surface area contributed by atoms with Crippen molar-refractivity contribution in [3.63, 3.8) is 0 Å². The van der Waals surface area contributed by atoms with Crippen LogP contribution < -0.4 is 11.1 Å². The number of dihydropyridines is 1. The highest BCUT2D eigenvalue weighted by atomic mass is 32.2. The molecule has 0 spiro atoms. The summed E-state index contributed by atoms with van der Waals surface area (Å²) in [6.45, 7) is 0.909. The topological polar surface area (TPSA) is 91.4 Å². The van der Waals surface area contributed by atoms with Crippen molar-refractivity contribution in [3.05, 3.63) is 35.8 Å². The Morgan fingerprint density at radius 1 is 1.57 bits per heavy atom. The average Bonchev–Trinajstić information content (AvgIpc) is 2.95. The molecule has 6 nitrogen and oxygen atoms in total. The Morgan fingerprint density at radius 2 is 2.43 bits per heavy atom. The second-order valence-corrected chi connectivity index (χ2v) is 7.47. The standard InChI is InChI=1S/C16H20N6S/c1-18-8-16(3-4-16)9-19-11-7-14(17)21-12-6-13(23-15(11)12)10-2-5-20-22-10/h2,5-8,12,15,19H,3-4,9H2,1H3,(H2,17,21)(H,20,22). The number of nitrogens with zero attached hydrogens (tertiary/aromatic N) is 3. The first-order chi connectivity index (χ1) is 11.2. The summed E-state index contributed by atoms with van der Waals surface area (Å²) in [7, 11) is 1.84. The first-order valence-corrected chi connectivity index (χ1v) is 8.67. The molecule has 1 fully saturated rings. The van der Waals surface area contributed by atoms with Crippen molar-refractivity contribution < 1.29 is 0 Å². The number of fused-ring (bicyclic) bond motifs is 1. The third-order valence-electron chi connectivity index (χ3n) is 4.50. The van der Waals surface area contributed by atoms with Crippen molar-refractivity contribution in [2.75, 3.05) is 13.6 Å². The monoisotopic (exact) mass is 328 g/mol. The molecule has 2 aliphatic heterocycles. The number of aliphatic imine (C=N–C) groups is 2. The largest absolute Gasteiger partial charge is 0.386 e. The van der Waals surface area contributed by atoms with Gasteiger partial charge in [0, 0.05) is 48.1 Å². The molecule has 7 heteroatoms. The van der Waals surface area contributed by atoms with Crippen LogP contribution in [0.1, 0.15) is 18.5 Å². The molecular formula is C16H20N6S. The Kier molecular flexibility index (Phi) is 3.52. The third kappa shape index (κ3) is 2.81. The first kappa shape index (κ1) is 14.6. The zero-order valence-electron chi connectivity index (χ0n) is 13.0. The second-order valence-electron chi connectivity index (χ2n) is 6.29. The number of nitrogens with one attached hydrogen (secondary N) is 2. The van der Waals surface area contributed by atoms with Crippen molar-refractivity contribution in [2.24, 2.45) is 21.1 Å². The maximum atomic E-state index is 6.01. The van der Waals surface area contributed by atoms with Gasteiger partial charge >= 0.3 is 0 Å². The highest BCUT2D eigenvalue weighted by Gasteiger charge is 2.42. The smallest absolute Gasteiger partial charge is 0.120 e. The highest BCUT2D eigenvalue weighted by Crippen LogP contribution is 2.46. The second kappa shape index (κ2) is 5.56. The van der Waals surface area contributed by atoms with E-state index in [-0.39, 0.29) is 16.7 Å². The zero-order chi connectivity index (χ0) is 15.9. The van der Waals surface area contributed by atoms with E-state index in [0.29, 0.717) is 5.84 Å². The minimum Gasteiger partial charge on any atom is -0.386 e. The molecule has 1 aliphatic carbocycles. The molecule has 0 radical (unpaired) electrons. The molecule has 0 bridgehead atoms. The van der Waals surface area contributed by atoms with Gasteiger partial charge in [0.25, 0.3) is 0 Å². The number of rotatable bonds is 5. The minimum atomic E-state index is 0.0841. The van der Waals surface area contributed by atoms with Crippen LogP contribution in [0, 0.1) is 5.41 Å². The summed E-state index contributed by atoms with van der Waals surface area (Å²) in [5.74, 6) is 0.588. The Hall–Kier alpha value is -2.02. The van der Waals surface area contributed by atoms with Crippen LogP contribution in [0.2, 0.25) is 0 Å². The molecule has 120 valence electrons. The maximum absolute atomic E-state index is 6.01. The lowest BCUT2D eigenvalue weighted by Gasteiger charge is -2.25. The van der Waals surface area contributed by atoms with E-state index < -0.39 is 0 Å². The Morgan fingerprint density at radius 3 is 3.13 bits per heavy atom. The lowest BCUT2D eigenvalue weighted by molar-refractivity contribution is 0.614. The van der Waals surface area contributed by atoms with Gasteiger partial charge in [-0.1, -0.05) is 0 Å². The molecule has 2 atom stereocenters. The van der Waals surface area contributed by atoms with Crippen LogP contribution in [-0.4, -0.2) is 47.1 Å². The summed E-state index contributed by atoms with van der Waals surface area (Å²) in [5.41, 5.74) is 8.44. The van der Waals surface area contributed by atoms with Crippen LogP contribution in [0.25, 0.3) is 4.91 Å². The van der Waals surface area contributed by atoms with E-state index >= 15 is 0 Å². The van der Waals surface area contributed by atoms with Crippen LogP contribution in [0.4, 0.5) is 0 Å². The molecule has 4 rings (SSSR count). The van der Waals surface area contributed by atoms with Crippen LogP contribution >= 0.6 is 11.8 Å².